The van der Waals surface area contributed by atoms with Crippen LogP contribution in [0.2, 0.25) is 0 Å². The average molecular weight is 471 g/mol. The maximum Gasteiger partial charge on any atom is 0.410 e. The summed E-state index contributed by atoms with van der Waals surface area (Å²) in [6, 6.07) is 4.84. The normalized spacial score (nSPS) is 21.6. The van der Waals surface area contributed by atoms with Gasteiger partial charge in [-0.15, -0.1) is 11.3 Å². The van der Waals surface area contributed by atoms with Crippen LogP contribution in [-0.4, -0.2) is 58.8 Å². The number of nitrogens with zero attached hydrogens (tertiary/aromatic N) is 4. The summed E-state index contributed by atoms with van der Waals surface area (Å²) in [5, 5.41) is 2.85. The number of carbonyl (C=O) groups excluding carboxylic acids is 1. The Morgan fingerprint density at radius 3 is 2.58 bits per heavy atom. The summed E-state index contributed by atoms with van der Waals surface area (Å²) in [6.45, 7) is 9.06. The van der Waals surface area contributed by atoms with Crippen molar-refractivity contribution in [3.63, 3.8) is 0 Å². The number of amides is 1. The van der Waals surface area contributed by atoms with Gasteiger partial charge in [0.15, 0.2) is 5.58 Å². The molecule has 176 valence electrons. The van der Waals surface area contributed by atoms with Gasteiger partial charge in [0.1, 0.15) is 16.1 Å². The number of thiazole rings is 1. The lowest BCUT2D eigenvalue weighted by molar-refractivity contribution is 0.0120. The summed E-state index contributed by atoms with van der Waals surface area (Å²) in [5.41, 5.74) is 2.94. The first-order chi connectivity index (χ1) is 15.7. The third-order valence-corrected chi connectivity index (χ3v) is 7.18. The average Bonchev–Trinajstić information content (AvgIpc) is 3.49. The van der Waals surface area contributed by atoms with E-state index in [2.05, 4.69) is 9.88 Å². The van der Waals surface area contributed by atoms with Gasteiger partial charge in [-0.3, -0.25) is 4.90 Å². The molecule has 2 saturated heterocycles. The largest absolute Gasteiger partial charge is 0.444 e. The molecule has 3 atom stereocenters. The lowest BCUT2D eigenvalue weighted by atomic mass is 10.1. The fraction of sp³-hybridized carbons (Fsp3) is 0.542. The highest BCUT2D eigenvalue weighted by atomic mass is 32.1. The third kappa shape index (κ3) is 4.08. The third-order valence-electron chi connectivity index (χ3n) is 6.37. The Morgan fingerprint density at radius 2 is 1.97 bits per heavy atom. The van der Waals surface area contributed by atoms with Crippen LogP contribution >= 0.6 is 11.3 Å². The number of hydrogen-bond donors (Lipinski definition) is 0. The minimum atomic E-state index is -0.505. The van der Waals surface area contributed by atoms with Crippen molar-refractivity contribution in [3.8, 4) is 10.6 Å². The number of hydrogen-bond acceptors (Lipinski definition) is 8. The number of piperazine rings is 1. The van der Waals surface area contributed by atoms with Gasteiger partial charge in [-0.2, -0.15) is 4.98 Å². The lowest BCUT2D eigenvalue weighted by Gasteiger charge is -2.40. The predicted molar refractivity (Wildman–Crippen MR) is 128 cm³/mol. The Kier molecular flexibility index (Phi) is 5.56. The van der Waals surface area contributed by atoms with Gasteiger partial charge >= 0.3 is 6.09 Å². The topological polar surface area (TPSA) is 80.9 Å². The van der Waals surface area contributed by atoms with Crippen LogP contribution in [0.15, 0.2) is 28.1 Å². The quantitative estimate of drug-likeness (QED) is 0.515. The molecule has 2 aliphatic heterocycles. The van der Waals surface area contributed by atoms with Crippen LogP contribution < -0.4 is 4.90 Å². The second-order valence-corrected chi connectivity index (χ2v) is 10.7. The zero-order valence-electron chi connectivity index (χ0n) is 19.7. The second kappa shape index (κ2) is 8.29. The Morgan fingerprint density at radius 1 is 1.24 bits per heavy atom. The van der Waals surface area contributed by atoms with Gasteiger partial charge in [0.05, 0.1) is 23.8 Å². The van der Waals surface area contributed by atoms with E-state index in [1.54, 1.807) is 24.6 Å². The molecule has 9 heteroatoms. The summed E-state index contributed by atoms with van der Waals surface area (Å²) in [5.74, 6) is 0. The van der Waals surface area contributed by atoms with Crippen molar-refractivity contribution >= 4 is 34.5 Å². The van der Waals surface area contributed by atoms with Crippen LogP contribution in [0, 0.1) is 0 Å². The molecule has 2 aromatic heterocycles. The van der Waals surface area contributed by atoms with E-state index in [1.165, 1.54) is 0 Å². The van der Waals surface area contributed by atoms with E-state index in [1.807, 2.05) is 50.1 Å². The number of aromatic nitrogens is 2. The van der Waals surface area contributed by atoms with Crippen molar-refractivity contribution in [3.05, 3.63) is 29.3 Å². The Labute approximate surface area is 197 Å². The number of ether oxygens (including phenoxy) is 2. The monoisotopic (exact) mass is 470 g/mol. The van der Waals surface area contributed by atoms with Crippen LogP contribution in [-0.2, 0) is 9.47 Å². The van der Waals surface area contributed by atoms with Gasteiger partial charge in [-0.1, -0.05) is 6.07 Å². The summed E-state index contributed by atoms with van der Waals surface area (Å²) < 4.78 is 17.6. The molecule has 1 aromatic carbocycles. The van der Waals surface area contributed by atoms with Gasteiger partial charge < -0.3 is 18.8 Å². The van der Waals surface area contributed by atoms with Gasteiger partial charge in [0.2, 0.25) is 0 Å². The second-order valence-electron chi connectivity index (χ2n) is 9.77. The van der Waals surface area contributed by atoms with Crippen LogP contribution in [0.1, 0.15) is 52.2 Å². The lowest BCUT2D eigenvalue weighted by Crippen LogP contribution is -2.56. The summed E-state index contributed by atoms with van der Waals surface area (Å²) in [4.78, 5) is 26.3. The number of benzene rings is 1. The summed E-state index contributed by atoms with van der Waals surface area (Å²) >= 11 is 1.57. The van der Waals surface area contributed by atoms with E-state index in [-0.39, 0.29) is 24.3 Å². The number of oxazole rings is 1. The van der Waals surface area contributed by atoms with Crippen molar-refractivity contribution in [2.75, 3.05) is 25.1 Å². The molecule has 4 heterocycles. The molecule has 1 amide bonds. The fourth-order valence-corrected chi connectivity index (χ4v) is 5.46. The number of rotatable bonds is 4. The van der Waals surface area contributed by atoms with E-state index in [9.17, 15) is 4.79 Å². The summed E-state index contributed by atoms with van der Waals surface area (Å²) in [7, 11) is 1.69. The molecule has 2 aliphatic rings. The van der Waals surface area contributed by atoms with Gasteiger partial charge in [-0.05, 0) is 46.6 Å². The fourth-order valence-electron chi connectivity index (χ4n) is 4.80. The van der Waals surface area contributed by atoms with Gasteiger partial charge in [-0.25, -0.2) is 9.78 Å². The molecular formula is C24H30N4O4S. The van der Waals surface area contributed by atoms with E-state index in [0.29, 0.717) is 19.1 Å². The van der Waals surface area contributed by atoms with Gasteiger partial charge in [0, 0.05) is 37.3 Å². The SMILES string of the molecule is COC(C)c1ccc(-c2nccs2)c2oc(N3CC4CCC(C3)N4C(=O)OC(C)(C)C)nc12. The minimum Gasteiger partial charge on any atom is -0.444 e. The molecule has 0 aliphatic carbocycles. The minimum absolute atomic E-state index is 0.0874. The summed E-state index contributed by atoms with van der Waals surface area (Å²) in [6.07, 6.45) is 3.36. The molecule has 2 fully saturated rings. The molecule has 8 nitrogen and oxygen atoms in total. The zero-order chi connectivity index (χ0) is 23.3. The molecule has 3 aromatic rings. The first-order valence-electron chi connectivity index (χ1n) is 11.4. The van der Waals surface area contributed by atoms with Crippen LogP contribution in [0.25, 0.3) is 21.7 Å². The van der Waals surface area contributed by atoms with Crippen LogP contribution in [0.3, 0.4) is 0 Å². The Bertz CT molecular complexity index is 1140. The first kappa shape index (κ1) is 22.2. The predicted octanol–water partition coefficient (Wildman–Crippen LogP) is 5.25. The van der Waals surface area contributed by atoms with Crippen molar-refractivity contribution in [1.29, 1.82) is 0 Å². The van der Waals surface area contributed by atoms with Crippen molar-refractivity contribution in [2.24, 2.45) is 0 Å². The van der Waals surface area contributed by atoms with Crippen LogP contribution in [0.5, 0.6) is 0 Å². The Balaban J connectivity index is 1.48. The highest BCUT2D eigenvalue weighted by molar-refractivity contribution is 7.13. The molecule has 3 unspecified atom stereocenters. The van der Waals surface area contributed by atoms with Crippen LogP contribution in [0.4, 0.5) is 10.8 Å². The molecule has 0 radical (unpaired) electrons. The van der Waals surface area contributed by atoms with E-state index in [4.69, 9.17) is 18.9 Å². The highest BCUT2D eigenvalue weighted by Gasteiger charge is 2.45. The molecule has 0 saturated carbocycles. The number of anilines is 1. The van der Waals surface area contributed by atoms with Crippen molar-refractivity contribution in [2.45, 2.75) is 64.3 Å². The molecule has 0 spiro atoms. The standard InChI is InChI=1S/C24H30N4O4S/c1-14(30-5)17-8-9-18(21-25-10-11-33-21)20-19(17)26-22(31-20)27-12-15-6-7-16(13-27)28(15)23(29)32-24(2,3)4/h8-11,14-16H,6-7,12-13H2,1-5H3. The number of carbonyl (C=O) groups is 1. The van der Waals surface area contributed by atoms with E-state index in [0.717, 1.165) is 40.1 Å². The first-order valence-corrected chi connectivity index (χ1v) is 12.3. The van der Waals surface area contributed by atoms with E-state index < -0.39 is 5.60 Å². The Hall–Kier alpha value is -2.65. The van der Waals surface area contributed by atoms with Gasteiger partial charge in [0.25, 0.3) is 6.01 Å². The van der Waals surface area contributed by atoms with E-state index >= 15 is 0 Å². The maximum absolute atomic E-state index is 12.8. The molecule has 2 bridgehead atoms. The molecule has 33 heavy (non-hydrogen) atoms. The maximum atomic E-state index is 12.8. The number of fused-ring (bicyclic) bond motifs is 3. The molecular weight excluding hydrogens is 440 g/mol. The molecule has 0 N–H and O–H groups in total. The zero-order valence-corrected chi connectivity index (χ0v) is 20.5. The number of methoxy groups -OCH3 is 1. The smallest absolute Gasteiger partial charge is 0.410 e. The highest BCUT2D eigenvalue weighted by Crippen LogP contribution is 2.39. The van der Waals surface area contributed by atoms with Crippen molar-refractivity contribution in [1.82, 2.24) is 14.9 Å². The van der Waals surface area contributed by atoms with Crippen molar-refractivity contribution < 1.29 is 18.7 Å². The molecule has 5 rings (SSSR count).